The molecule has 2 heterocycles. The van der Waals surface area contributed by atoms with E-state index in [4.69, 9.17) is 0 Å². The van der Waals surface area contributed by atoms with Crippen molar-refractivity contribution >= 4 is 0 Å². The quantitative estimate of drug-likeness (QED) is 0.779. The van der Waals surface area contributed by atoms with Crippen molar-refractivity contribution in [3.63, 3.8) is 0 Å². The van der Waals surface area contributed by atoms with E-state index in [1.54, 1.807) is 0 Å². The molecule has 1 aliphatic heterocycles. The number of nitrogens with zero attached hydrogens (tertiary/aromatic N) is 2. The Labute approximate surface area is 96.7 Å². The fourth-order valence-electron chi connectivity index (χ4n) is 3.12. The van der Waals surface area contributed by atoms with Gasteiger partial charge in [0.1, 0.15) is 5.82 Å². The highest BCUT2D eigenvalue weighted by Crippen LogP contribution is 2.42. The summed E-state index contributed by atoms with van der Waals surface area (Å²) >= 11 is 0. The topological polar surface area (TPSA) is 37.8 Å². The molecule has 2 fully saturated rings. The molecule has 1 saturated carbocycles. The molecule has 16 heavy (non-hydrogen) atoms. The Bertz CT molecular complexity index is 390. The highest BCUT2D eigenvalue weighted by molar-refractivity contribution is 5.16. The maximum absolute atomic E-state index is 4.65. The van der Waals surface area contributed by atoms with E-state index in [9.17, 15) is 0 Å². The van der Waals surface area contributed by atoms with E-state index in [-0.39, 0.29) is 0 Å². The lowest BCUT2D eigenvalue weighted by Crippen LogP contribution is -2.12. The van der Waals surface area contributed by atoms with Gasteiger partial charge in [-0.2, -0.15) is 0 Å². The van der Waals surface area contributed by atoms with Crippen LogP contribution in [0.15, 0.2) is 6.20 Å². The molecule has 2 atom stereocenters. The Morgan fingerprint density at radius 3 is 2.50 bits per heavy atom. The average molecular weight is 217 g/mol. The van der Waals surface area contributed by atoms with Crippen molar-refractivity contribution in [1.82, 2.24) is 15.3 Å². The SMILES string of the molecule is Cc1cnc(C2CC3CNCC3C2)nc1C. The maximum Gasteiger partial charge on any atom is 0.131 e. The van der Waals surface area contributed by atoms with Crippen LogP contribution in [0.5, 0.6) is 0 Å². The van der Waals surface area contributed by atoms with Crippen LogP contribution < -0.4 is 5.32 Å². The van der Waals surface area contributed by atoms with Gasteiger partial charge in [-0.25, -0.2) is 9.97 Å². The first-order chi connectivity index (χ1) is 7.74. The van der Waals surface area contributed by atoms with Crippen molar-refractivity contribution in [2.75, 3.05) is 13.1 Å². The van der Waals surface area contributed by atoms with Crippen molar-refractivity contribution in [3.05, 3.63) is 23.3 Å². The van der Waals surface area contributed by atoms with E-state index in [2.05, 4.69) is 29.1 Å². The number of rotatable bonds is 1. The number of aromatic nitrogens is 2. The van der Waals surface area contributed by atoms with E-state index in [1.807, 2.05) is 6.20 Å². The smallest absolute Gasteiger partial charge is 0.131 e. The van der Waals surface area contributed by atoms with Crippen molar-refractivity contribution < 1.29 is 0 Å². The molecule has 3 rings (SSSR count). The Hall–Kier alpha value is -0.960. The number of aryl methyl sites for hydroxylation is 2. The summed E-state index contributed by atoms with van der Waals surface area (Å²) in [5.41, 5.74) is 2.34. The minimum absolute atomic E-state index is 0.608. The molecule has 86 valence electrons. The van der Waals surface area contributed by atoms with Crippen LogP contribution in [0.1, 0.15) is 35.8 Å². The minimum atomic E-state index is 0.608. The molecule has 1 aliphatic carbocycles. The third-order valence-electron chi connectivity index (χ3n) is 4.26. The number of fused-ring (bicyclic) bond motifs is 1. The van der Waals surface area contributed by atoms with Gasteiger partial charge in [0.15, 0.2) is 0 Å². The number of nitrogens with one attached hydrogen (secondary N) is 1. The third kappa shape index (κ3) is 1.63. The van der Waals surface area contributed by atoms with E-state index in [0.717, 1.165) is 23.4 Å². The van der Waals surface area contributed by atoms with Gasteiger partial charge in [0.2, 0.25) is 0 Å². The lowest BCUT2D eigenvalue weighted by atomic mass is 10.0. The highest BCUT2D eigenvalue weighted by Gasteiger charge is 2.38. The minimum Gasteiger partial charge on any atom is -0.316 e. The molecule has 1 aromatic rings. The molecular weight excluding hydrogens is 198 g/mol. The first-order valence-electron chi connectivity index (χ1n) is 6.25. The Balaban J connectivity index is 1.81. The third-order valence-corrected chi connectivity index (χ3v) is 4.26. The van der Waals surface area contributed by atoms with Crippen LogP contribution in [-0.4, -0.2) is 23.1 Å². The lowest BCUT2D eigenvalue weighted by Gasteiger charge is -2.11. The summed E-state index contributed by atoms with van der Waals surface area (Å²) in [5.74, 6) is 3.43. The molecular formula is C13H19N3. The summed E-state index contributed by atoms with van der Waals surface area (Å²) in [4.78, 5) is 9.17. The molecule has 0 radical (unpaired) electrons. The van der Waals surface area contributed by atoms with Crippen LogP contribution in [0.25, 0.3) is 0 Å². The Kier molecular flexibility index (Phi) is 2.43. The maximum atomic E-state index is 4.65. The summed E-state index contributed by atoms with van der Waals surface area (Å²) in [5, 5.41) is 3.48. The van der Waals surface area contributed by atoms with E-state index < -0.39 is 0 Å². The van der Waals surface area contributed by atoms with Crippen LogP contribution in [0.4, 0.5) is 0 Å². The van der Waals surface area contributed by atoms with Crippen molar-refractivity contribution in [2.24, 2.45) is 11.8 Å². The molecule has 2 aliphatic rings. The monoisotopic (exact) mass is 217 g/mol. The molecule has 1 saturated heterocycles. The summed E-state index contributed by atoms with van der Waals surface area (Å²) in [7, 11) is 0. The highest BCUT2D eigenvalue weighted by atomic mass is 14.9. The van der Waals surface area contributed by atoms with Gasteiger partial charge >= 0.3 is 0 Å². The Morgan fingerprint density at radius 2 is 1.88 bits per heavy atom. The van der Waals surface area contributed by atoms with Crippen LogP contribution in [0.3, 0.4) is 0 Å². The van der Waals surface area contributed by atoms with E-state index >= 15 is 0 Å². The molecule has 0 aromatic carbocycles. The first kappa shape index (κ1) is 10.2. The summed E-state index contributed by atoms with van der Waals surface area (Å²) < 4.78 is 0. The zero-order chi connectivity index (χ0) is 11.1. The normalized spacial score (nSPS) is 33.0. The van der Waals surface area contributed by atoms with Gasteiger partial charge in [-0.1, -0.05) is 0 Å². The number of hydrogen-bond acceptors (Lipinski definition) is 3. The first-order valence-corrected chi connectivity index (χ1v) is 6.25. The largest absolute Gasteiger partial charge is 0.316 e. The molecule has 3 heteroatoms. The van der Waals surface area contributed by atoms with Gasteiger partial charge < -0.3 is 5.32 Å². The predicted octanol–water partition coefficient (Wildman–Crippen LogP) is 1.81. The fourth-order valence-corrected chi connectivity index (χ4v) is 3.12. The van der Waals surface area contributed by atoms with Crippen LogP contribution in [-0.2, 0) is 0 Å². The van der Waals surface area contributed by atoms with Gasteiger partial charge in [-0.3, -0.25) is 0 Å². The van der Waals surface area contributed by atoms with Crippen molar-refractivity contribution in [1.29, 1.82) is 0 Å². The standard InChI is InChI=1S/C13H19N3/c1-8-5-15-13(16-9(8)2)10-3-11-6-14-7-12(11)4-10/h5,10-12,14H,3-4,6-7H2,1-2H3. The number of hydrogen-bond donors (Lipinski definition) is 1. The fraction of sp³-hybridized carbons (Fsp3) is 0.692. The van der Waals surface area contributed by atoms with Crippen molar-refractivity contribution in [2.45, 2.75) is 32.6 Å². The van der Waals surface area contributed by atoms with Gasteiger partial charge in [-0.15, -0.1) is 0 Å². The van der Waals surface area contributed by atoms with Gasteiger partial charge in [-0.05, 0) is 57.2 Å². The van der Waals surface area contributed by atoms with Crippen LogP contribution in [0, 0.1) is 25.7 Å². The average Bonchev–Trinajstić information content (AvgIpc) is 2.81. The molecule has 0 amide bonds. The van der Waals surface area contributed by atoms with E-state index in [1.165, 1.54) is 31.5 Å². The predicted molar refractivity (Wildman–Crippen MR) is 63.3 cm³/mol. The zero-order valence-electron chi connectivity index (χ0n) is 10.0. The summed E-state index contributed by atoms with van der Waals surface area (Å²) in [6, 6.07) is 0. The summed E-state index contributed by atoms with van der Waals surface area (Å²) in [6.45, 7) is 6.56. The molecule has 1 aromatic heterocycles. The molecule has 1 N–H and O–H groups in total. The molecule has 0 bridgehead atoms. The van der Waals surface area contributed by atoms with E-state index in [0.29, 0.717) is 5.92 Å². The zero-order valence-corrected chi connectivity index (χ0v) is 10.0. The molecule has 0 spiro atoms. The van der Waals surface area contributed by atoms with Crippen molar-refractivity contribution in [3.8, 4) is 0 Å². The molecule has 2 unspecified atom stereocenters. The second-order valence-electron chi connectivity index (χ2n) is 5.34. The van der Waals surface area contributed by atoms with Crippen LogP contribution >= 0.6 is 0 Å². The molecule has 3 nitrogen and oxygen atoms in total. The van der Waals surface area contributed by atoms with Gasteiger partial charge in [0, 0.05) is 17.8 Å². The van der Waals surface area contributed by atoms with Crippen LogP contribution in [0.2, 0.25) is 0 Å². The lowest BCUT2D eigenvalue weighted by molar-refractivity contribution is 0.494. The van der Waals surface area contributed by atoms with Gasteiger partial charge in [0.05, 0.1) is 0 Å². The van der Waals surface area contributed by atoms with Gasteiger partial charge in [0.25, 0.3) is 0 Å². The second kappa shape index (κ2) is 3.81. The second-order valence-corrected chi connectivity index (χ2v) is 5.34. The summed E-state index contributed by atoms with van der Waals surface area (Å²) in [6.07, 6.45) is 4.53. The Morgan fingerprint density at radius 1 is 1.19 bits per heavy atom.